The summed E-state index contributed by atoms with van der Waals surface area (Å²) in [4.78, 5) is 19.5. The Kier molecular flexibility index (Phi) is 6.77. The molecule has 1 fully saturated rings. The molecule has 31 heavy (non-hydrogen) atoms. The van der Waals surface area contributed by atoms with Crippen LogP contribution in [0.4, 0.5) is 0 Å². The van der Waals surface area contributed by atoms with Gasteiger partial charge in [0.2, 0.25) is 0 Å². The summed E-state index contributed by atoms with van der Waals surface area (Å²) >= 11 is 2.02. The number of hydrogen-bond acceptors (Lipinski definition) is 6. The molecule has 1 aliphatic heterocycles. The van der Waals surface area contributed by atoms with Gasteiger partial charge in [-0.3, -0.25) is 9.69 Å². The zero-order valence-corrected chi connectivity index (χ0v) is 19.1. The second-order valence-electron chi connectivity index (χ2n) is 8.01. The molecule has 0 spiro atoms. The van der Waals surface area contributed by atoms with Crippen LogP contribution in [0.15, 0.2) is 36.4 Å². The molecule has 0 bridgehead atoms. The van der Waals surface area contributed by atoms with Gasteiger partial charge in [-0.1, -0.05) is 12.1 Å². The van der Waals surface area contributed by atoms with Crippen LogP contribution in [0.5, 0.6) is 5.75 Å². The molecule has 4 rings (SSSR count). The first-order valence-electron chi connectivity index (χ1n) is 10.7. The largest absolute Gasteiger partial charge is 0.489 e. The Bertz CT molecular complexity index is 1060. The number of amides is 1. The quantitative estimate of drug-likeness (QED) is 0.610. The van der Waals surface area contributed by atoms with Crippen LogP contribution < -0.4 is 10.1 Å². The van der Waals surface area contributed by atoms with Crippen LogP contribution in [0, 0.1) is 13.8 Å². The number of rotatable bonds is 7. The van der Waals surface area contributed by atoms with Crippen LogP contribution >= 0.6 is 11.8 Å². The van der Waals surface area contributed by atoms with Crippen LogP contribution in [-0.4, -0.2) is 62.6 Å². The summed E-state index contributed by atoms with van der Waals surface area (Å²) in [5.41, 5.74) is 4.14. The molecule has 3 aromatic rings. The molecule has 1 aliphatic rings. The molecule has 7 nitrogen and oxygen atoms in total. The van der Waals surface area contributed by atoms with Gasteiger partial charge in [-0.15, -0.1) is 0 Å². The first-order chi connectivity index (χ1) is 15.0. The molecule has 0 saturated carbocycles. The Morgan fingerprint density at radius 1 is 1.23 bits per heavy atom. The maximum atomic E-state index is 12.6. The number of aryl methyl sites for hydroxylation is 2. The lowest BCUT2D eigenvalue weighted by Crippen LogP contribution is -2.34. The molecule has 164 valence electrons. The molecule has 0 aliphatic carbocycles. The molecule has 8 heteroatoms. The second-order valence-corrected chi connectivity index (χ2v) is 9.24. The van der Waals surface area contributed by atoms with E-state index in [0.29, 0.717) is 17.9 Å². The maximum Gasteiger partial charge on any atom is 0.272 e. The summed E-state index contributed by atoms with van der Waals surface area (Å²) in [7, 11) is 0. The molecule has 1 atom stereocenters. The van der Waals surface area contributed by atoms with Crippen LogP contribution in [0.25, 0.3) is 5.65 Å². The van der Waals surface area contributed by atoms with Gasteiger partial charge in [0.15, 0.2) is 11.3 Å². The number of thioether (sulfide) groups is 1. The van der Waals surface area contributed by atoms with E-state index in [1.807, 2.05) is 50.7 Å². The van der Waals surface area contributed by atoms with E-state index in [1.54, 1.807) is 10.6 Å². The predicted molar refractivity (Wildman–Crippen MR) is 124 cm³/mol. The summed E-state index contributed by atoms with van der Waals surface area (Å²) in [6.45, 7) is 9.44. The highest BCUT2D eigenvalue weighted by Crippen LogP contribution is 2.18. The van der Waals surface area contributed by atoms with E-state index in [2.05, 4.69) is 32.4 Å². The second kappa shape index (κ2) is 9.70. The Balaban J connectivity index is 1.32. The molecular weight excluding hydrogens is 410 g/mol. The van der Waals surface area contributed by atoms with Gasteiger partial charge in [0.1, 0.15) is 11.9 Å². The van der Waals surface area contributed by atoms with Crippen molar-refractivity contribution in [3.8, 4) is 5.75 Å². The van der Waals surface area contributed by atoms with Crippen LogP contribution in [0.3, 0.4) is 0 Å². The van der Waals surface area contributed by atoms with Gasteiger partial charge in [0.05, 0.1) is 6.54 Å². The summed E-state index contributed by atoms with van der Waals surface area (Å²) < 4.78 is 7.74. The maximum absolute atomic E-state index is 12.6. The normalized spacial score (nSPS) is 15.7. The van der Waals surface area contributed by atoms with Crippen LogP contribution in [0.1, 0.15) is 34.4 Å². The highest BCUT2D eigenvalue weighted by Gasteiger charge is 2.15. The number of carbonyl (C=O) groups excluding carboxylic acids is 1. The van der Waals surface area contributed by atoms with Crippen molar-refractivity contribution in [2.24, 2.45) is 0 Å². The van der Waals surface area contributed by atoms with Crippen molar-refractivity contribution < 1.29 is 9.53 Å². The molecule has 1 amide bonds. The zero-order chi connectivity index (χ0) is 21.8. The lowest BCUT2D eigenvalue weighted by molar-refractivity contribution is 0.0927. The topological polar surface area (TPSA) is 71.8 Å². The summed E-state index contributed by atoms with van der Waals surface area (Å²) in [5, 5.41) is 7.29. The van der Waals surface area contributed by atoms with Gasteiger partial charge in [-0.25, -0.2) is 9.50 Å². The summed E-state index contributed by atoms with van der Waals surface area (Å²) in [5.74, 6) is 3.01. The Labute approximate surface area is 187 Å². The number of benzene rings is 1. The van der Waals surface area contributed by atoms with Gasteiger partial charge in [0, 0.05) is 48.6 Å². The molecule has 0 radical (unpaired) electrons. The number of carbonyl (C=O) groups is 1. The number of aromatic nitrogens is 3. The molecule has 2 aromatic heterocycles. The lowest BCUT2D eigenvalue weighted by atomic mass is 10.2. The van der Waals surface area contributed by atoms with Gasteiger partial charge in [-0.05, 0) is 44.5 Å². The third-order valence-corrected chi connectivity index (χ3v) is 6.20. The number of fused-ring (bicyclic) bond motifs is 1. The predicted octanol–water partition coefficient (Wildman–Crippen LogP) is 3.09. The van der Waals surface area contributed by atoms with E-state index in [1.165, 1.54) is 17.1 Å². The van der Waals surface area contributed by atoms with E-state index < -0.39 is 0 Å². The average Bonchev–Trinajstić information content (AvgIpc) is 3.17. The summed E-state index contributed by atoms with van der Waals surface area (Å²) in [6, 6.07) is 11.9. The molecule has 1 N–H and O–H groups in total. The first-order valence-corrected chi connectivity index (χ1v) is 11.8. The van der Waals surface area contributed by atoms with Crippen LogP contribution in [-0.2, 0) is 6.54 Å². The molecule has 1 unspecified atom stereocenters. The highest BCUT2D eigenvalue weighted by atomic mass is 32.2. The molecule has 1 aromatic carbocycles. The number of ether oxygens (including phenoxy) is 1. The molecule has 1 saturated heterocycles. The number of nitrogens with zero attached hydrogens (tertiary/aromatic N) is 4. The van der Waals surface area contributed by atoms with Crippen molar-refractivity contribution in [1.82, 2.24) is 24.8 Å². The zero-order valence-electron chi connectivity index (χ0n) is 18.3. The first kappa shape index (κ1) is 21.6. The van der Waals surface area contributed by atoms with E-state index in [4.69, 9.17) is 4.74 Å². The SMILES string of the molecule is Cc1cc(C)n2nc(C(=O)NCC(C)Oc3cccc(CN4CCSCC4)c3)cc2n1. The van der Waals surface area contributed by atoms with E-state index >= 15 is 0 Å². The average molecular weight is 440 g/mol. The Morgan fingerprint density at radius 2 is 2.03 bits per heavy atom. The molecule has 3 heterocycles. The summed E-state index contributed by atoms with van der Waals surface area (Å²) in [6.07, 6.45) is -0.162. The highest BCUT2D eigenvalue weighted by molar-refractivity contribution is 7.99. The van der Waals surface area contributed by atoms with Crippen molar-refractivity contribution in [2.45, 2.75) is 33.4 Å². The Hall–Kier alpha value is -2.58. The fraction of sp³-hybridized carbons (Fsp3) is 0.435. The minimum Gasteiger partial charge on any atom is -0.489 e. The standard InChI is InChI=1S/C23H29N5O2S/c1-16-11-17(2)28-22(25-16)13-21(26-28)23(29)24-14-18(3)30-20-6-4-5-19(12-20)15-27-7-9-31-10-8-27/h4-6,11-13,18H,7-10,14-15H2,1-3H3,(H,24,29). The van der Waals surface area contributed by atoms with Crippen molar-refractivity contribution in [3.63, 3.8) is 0 Å². The third-order valence-electron chi connectivity index (χ3n) is 5.26. The minimum atomic E-state index is -0.227. The minimum absolute atomic E-state index is 0.162. The van der Waals surface area contributed by atoms with E-state index in [0.717, 1.165) is 36.8 Å². The van der Waals surface area contributed by atoms with Gasteiger partial charge >= 0.3 is 0 Å². The van der Waals surface area contributed by atoms with Crippen molar-refractivity contribution in [3.05, 3.63) is 59.0 Å². The number of hydrogen-bond donors (Lipinski definition) is 1. The van der Waals surface area contributed by atoms with Gasteiger partial charge < -0.3 is 10.1 Å². The van der Waals surface area contributed by atoms with Gasteiger partial charge in [0.25, 0.3) is 5.91 Å². The molecular formula is C23H29N5O2S. The fourth-order valence-electron chi connectivity index (χ4n) is 3.73. The van der Waals surface area contributed by atoms with Crippen molar-refractivity contribution in [1.29, 1.82) is 0 Å². The monoisotopic (exact) mass is 439 g/mol. The van der Waals surface area contributed by atoms with Crippen molar-refractivity contribution in [2.75, 3.05) is 31.1 Å². The van der Waals surface area contributed by atoms with Crippen LogP contribution in [0.2, 0.25) is 0 Å². The fourth-order valence-corrected chi connectivity index (χ4v) is 4.71. The van der Waals surface area contributed by atoms with Gasteiger partial charge in [-0.2, -0.15) is 16.9 Å². The van der Waals surface area contributed by atoms with Crippen molar-refractivity contribution >= 4 is 23.3 Å². The van der Waals surface area contributed by atoms with E-state index in [9.17, 15) is 4.79 Å². The third kappa shape index (κ3) is 5.57. The lowest BCUT2D eigenvalue weighted by Gasteiger charge is -2.26. The smallest absolute Gasteiger partial charge is 0.272 e. The Morgan fingerprint density at radius 3 is 2.84 bits per heavy atom. The number of nitrogens with one attached hydrogen (secondary N) is 1. The van der Waals surface area contributed by atoms with E-state index in [-0.39, 0.29) is 12.0 Å².